The second-order valence-corrected chi connectivity index (χ2v) is 8.78. The zero-order valence-electron chi connectivity index (χ0n) is 20.3. The van der Waals surface area contributed by atoms with Crippen molar-refractivity contribution in [3.63, 3.8) is 0 Å². The maximum atomic E-state index is 12.9. The molecule has 5 rings (SSSR count). The molecule has 4 heterocycles. The predicted octanol–water partition coefficient (Wildman–Crippen LogP) is 3.99. The van der Waals surface area contributed by atoms with Crippen molar-refractivity contribution < 1.29 is 4.79 Å². The fraction of sp³-hybridized carbons (Fsp3) is 0.222. The molecule has 0 spiro atoms. The molecule has 0 aliphatic carbocycles. The smallest absolute Gasteiger partial charge is 0.255 e. The molecule has 4 aromatic rings. The van der Waals surface area contributed by atoms with Crippen molar-refractivity contribution in [2.75, 3.05) is 48.8 Å². The summed E-state index contributed by atoms with van der Waals surface area (Å²) in [6.07, 6.45) is 6.81. The summed E-state index contributed by atoms with van der Waals surface area (Å²) in [5.41, 5.74) is 5.45. The van der Waals surface area contributed by atoms with E-state index in [1.54, 1.807) is 24.8 Å². The van der Waals surface area contributed by atoms with Crippen LogP contribution in [0.4, 0.5) is 23.0 Å². The Balaban J connectivity index is 1.27. The summed E-state index contributed by atoms with van der Waals surface area (Å²) >= 11 is 0. The molecule has 2 N–H and O–H groups in total. The maximum absolute atomic E-state index is 12.9. The van der Waals surface area contributed by atoms with E-state index in [4.69, 9.17) is 0 Å². The lowest BCUT2D eigenvalue weighted by Crippen LogP contribution is -2.44. The lowest BCUT2D eigenvalue weighted by atomic mass is 10.1. The first-order valence-corrected chi connectivity index (χ1v) is 11.9. The van der Waals surface area contributed by atoms with Crippen molar-refractivity contribution in [3.8, 4) is 11.3 Å². The normalized spacial score (nSPS) is 13.9. The Kier molecular flexibility index (Phi) is 6.81. The molecule has 1 aliphatic rings. The molecule has 0 unspecified atom stereocenters. The molecule has 9 heteroatoms. The molecule has 0 bridgehead atoms. The van der Waals surface area contributed by atoms with Crippen LogP contribution in [0, 0.1) is 6.92 Å². The Bertz CT molecular complexity index is 1340. The number of aromatic nitrogens is 4. The largest absolute Gasteiger partial charge is 0.369 e. The lowest BCUT2D eigenvalue weighted by Gasteiger charge is -2.34. The zero-order valence-corrected chi connectivity index (χ0v) is 20.3. The van der Waals surface area contributed by atoms with Crippen LogP contribution >= 0.6 is 0 Å². The highest BCUT2D eigenvalue weighted by Gasteiger charge is 2.15. The van der Waals surface area contributed by atoms with Gasteiger partial charge in [-0.2, -0.15) is 0 Å². The highest BCUT2D eigenvalue weighted by Crippen LogP contribution is 2.23. The minimum atomic E-state index is -0.189. The van der Waals surface area contributed by atoms with E-state index in [0.717, 1.165) is 48.8 Å². The van der Waals surface area contributed by atoms with Gasteiger partial charge in [-0.15, -0.1) is 0 Å². The number of piperazine rings is 1. The van der Waals surface area contributed by atoms with Gasteiger partial charge >= 0.3 is 0 Å². The fourth-order valence-electron chi connectivity index (χ4n) is 4.03. The minimum Gasteiger partial charge on any atom is -0.369 e. The number of hydrogen-bond donors (Lipinski definition) is 2. The van der Waals surface area contributed by atoms with E-state index >= 15 is 0 Å². The van der Waals surface area contributed by atoms with Gasteiger partial charge in [-0.3, -0.25) is 14.8 Å². The molecule has 36 heavy (non-hydrogen) atoms. The van der Waals surface area contributed by atoms with Gasteiger partial charge in [0, 0.05) is 61.6 Å². The molecule has 9 nitrogen and oxygen atoms in total. The maximum Gasteiger partial charge on any atom is 0.255 e. The summed E-state index contributed by atoms with van der Waals surface area (Å²) in [5.74, 6) is 0.246. The minimum absolute atomic E-state index is 0.189. The third-order valence-electron chi connectivity index (χ3n) is 6.20. The third kappa shape index (κ3) is 5.47. The van der Waals surface area contributed by atoms with Crippen molar-refractivity contribution in [3.05, 3.63) is 84.6 Å². The van der Waals surface area contributed by atoms with E-state index in [-0.39, 0.29) is 5.91 Å². The number of aryl methyl sites for hydroxylation is 1. The number of rotatable bonds is 6. The van der Waals surface area contributed by atoms with Crippen LogP contribution in [-0.4, -0.2) is 64.0 Å². The topological polar surface area (TPSA) is 99.2 Å². The average molecular weight is 481 g/mol. The molecule has 1 aromatic carbocycles. The van der Waals surface area contributed by atoms with E-state index in [1.165, 1.54) is 0 Å². The molecule has 1 saturated heterocycles. The van der Waals surface area contributed by atoms with E-state index in [1.807, 2.05) is 55.5 Å². The van der Waals surface area contributed by atoms with Crippen LogP contribution in [0.2, 0.25) is 0 Å². The van der Waals surface area contributed by atoms with Crippen molar-refractivity contribution in [2.45, 2.75) is 6.92 Å². The number of anilines is 4. The Hall–Kier alpha value is -4.37. The number of benzene rings is 1. The van der Waals surface area contributed by atoms with Gasteiger partial charge in [-0.1, -0.05) is 0 Å². The molecule has 3 aromatic heterocycles. The second kappa shape index (κ2) is 10.5. The lowest BCUT2D eigenvalue weighted by molar-refractivity contribution is 0.102. The van der Waals surface area contributed by atoms with E-state index in [9.17, 15) is 4.79 Å². The summed E-state index contributed by atoms with van der Waals surface area (Å²) < 4.78 is 0. The molecule has 0 saturated carbocycles. The van der Waals surface area contributed by atoms with Gasteiger partial charge in [0.2, 0.25) is 5.95 Å². The third-order valence-corrected chi connectivity index (χ3v) is 6.20. The van der Waals surface area contributed by atoms with Gasteiger partial charge in [0.1, 0.15) is 0 Å². The Labute approximate surface area is 210 Å². The summed E-state index contributed by atoms with van der Waals surface area (Å²) in [4.78, 5) is 35.0. The molecular weight excluding hydrogens is 452 g/mol. The zero-order chi connectivity index (χ0) is 24.9. The summed E-state index contributed by atoms with van der Waals surface area (Å²) in [6.45, 7) is 5.94. The first-order valence-electron chi connectivity index (χ1n) is 11.9. The number of amides is 1. The van der Waals surface area contributed by atoms with Crippen LogP contribution in [0.3, 0.4) is 0 Å². The Morgan fingerprint density at radius 1 is 0.944 bits per heavy atom. The second-order valence-electron chi connectivity index (χ2n) is 8.78. The fourth-order valence-corrected chi connectivity index (χ4v) is 4.03. The number of hydrogen-bond acceptors (Lipinski definition) is 8. The SMILES string of the molecule is Cc1ncc(NC(=O)c2ccc(N3CCN(C)CC3)cc2)cc1Nc1nccc(-c2cccnc2)n1. The average Bonchev–Trinajstić information content (AvgIpc) is 2.92. The van der Waals surface area contributed by atoms with Gasteiger partial charge in [-0.25, -0.2) is 9.97 Å². The molecule has 0 atom stereocenters. The number of carbonyl (C=O) groups is 1. The van der Waals surface area contributed by atoms with Crippen LogP contribution in [0.15, 0.2) is 73.3 Å². The summed E-state index contributed by atoms with van der Waals surface area (Å²) in [7, 11) is 2.14. The number of nitrogens with zero attached hydrogens (tertiary/aromatic N) is 6. The monoisotopic (exact) mass is 480 g/mol. The van der Waals surface area contributed by atoms with E-state index in [2.05, 4.69) is 47.4 Å². The first kappa shape index (κ1) is 23.4. The van der Waals surface area contributed by atoms with Crippen molar-refractivity contribution in [1.82, 2.24) is 24.8 Å². The van der Waals surface area contributed by atoms with Crippen LogP contribution in [0.5, 0.6) is 0 Å². The summed E-state index contributed by atoms with van der Waals surface area (Å²) in [6, 6.07) is 15.2. The van der Waals surface area contributed by atoms with Crippen LogP contribution in [0.1, 0.15) is 16.1 Å². The quantitative estimate of drug-likeness (QED) is 0.427. The number of pyridine rings is 2. The van der Waals surface area contributed by atoms with Gasteiger partial charge in [0.05, 0.1) is 29.0 Å². The molecule has 182 valence electrons. The van der Waals surface area contributed by atoms with Gasteiger partial charge in [-0.05, 0) is 62.5 Å². The molecular formula is C27H28N8O. The van der Waals surface area contributed by atoms with Crippen molar-refractivity contribution in [2.24, 2.45) is 0 Å². The van der Waals surface area contributed by atoms with Crippen molar-refractivity contribution in [1.29, 1.82) is 0 Å². The number of carbonyl (C=O) groups excluding carboxylic acids is 1. The van der Waals surface area contributed by atoms with E-state index in [0.29, 0.717) is 22.9 Å². The van der Waals surface area contributed by atoms with Gasteiger partial charge < -0.3 is 20.4 Å². The standard InChI is InChI=1S/C27H28N8O/c1-19-25(33-27-29-11-9-24(32-27)21-4-3-10-28-17-21)16-22(18-30-19)31-26(36)20-5-7-23(8-6-20)35-14-12-34(2)13-15-35/h3-11,16-18H,12-15H2,1-2H3,(H,31,36)(H,29,32,33). The van der Waals surface area contributed by atoms with Crippen LogP contribution in [0.25, 0.3) is 11.3 Å². The molecule has 1 aliphatic heterocycles. The highest BCUT2D eigenvalue weighted by molar-refractivity contribution is 6.04. The first-order chi connectivity index (χ1) is 17.5. The van der Waals surface area contributed by atoms with Crippen LogP contribution in [-0.2, 0) is 0 Å². The number of likely N-dealkylation sites (N-methyl/N-ethyl adjacent to an activating group) is 1. The Morgan fingerprint density at radius 3 is 2.50 bits per heavy atom. The molecule has 0 radical (unpaired) electrons. The van der Waals surface area contributed by atoms with Crippen LogP contribution < -0.4 is 15.5 Å². The van der Waals surface area contributed by atoms with Crippen molar-refractivity contribution >= 4 is 28.9 Å². The molecule has 1 amide bonds. The number of nitrogens with one attached hydrogen (secondary N) is 2. The molecule has 1 fully saturated rings. The predicted molar refractivity (Wildman–Crippen MR) is 142 cm³/mol. The van der Waals surface area contributed by atoms with E-state index < -0.39 is 0 Å². The highest BCUT2D eigenvalue weighted by atomic mass is 16.1. The van der Waals surface area contributed by atoms with Gasteiger partial charge in [0.25, 0.3) is 5.91 Å². The Morgan fingerprint density at radius 2 is 1.75 bits per heavy atom. The summed E-state index contributed by atoms with van der Waals surface area (Å²) in [5, 5.41) is 6.16. The van der Waals surface area contributed by atoms with Gasteiger partial charge in [0.15, 0.2) is 0 Å².